The van der Waals surface area contributed by atoms with E-state index in [2.05, 4.69) is 176 Å². The molecule has 3 heteroatoms. The Balaban J connectivity index is 1.09. The van der Waals surface area contributed by atoms with Crippen molar-refractivity contribution >= 4 is 74.7 Å². The summed E-state index contributed by atoms with van der Waals surface area (Å²) in [4.78, 5) is 10.8. The first-order valence-corrected chi connectivity index (χ1v) is 19.4. The molecule has 1 aliphatic carbocycles. The SMILES string of the molecule is c1ccc(-c2nc(-c3ccc(C4c5ccccc5-c5c4c4sc6ccccc6c4c4ccccc54)cc3)nc3c4ccccc4c4ccccc4c23)cc1. The van der Waals surface area contributed by atoms with Gasteiger partial charge in [-0.1, -0.05) is 170 Å². The monoisotopic (exact) mass is 702 g/mol. The zero-order chi connectivity index (χ0) is 35.3. The molecule has 1 aliphatic rings. The van der Waals surface area contributed by atoms with Crippen LogP contribution in [0.25, 0.3) is 97.2 Å². The lowest BCUT2D eigenvalue weighted by Crippen LogP contribution is -2.01. The Hall–Kier alpha value is -6.68. The highest BCUT2D eigenvalue weighted by Gasteiger charge is 2.34. The van der Waals surface area contributed by atoms with Crippen LogP contribution in [0, 0.1) is 0 Å². The van der Waals surface area contributed by atoms with Crippen LogP contribution in [-0.2, 0) is 0 Å². The molecular formula is C51H30N2S. The molecule has 0 amide bonds. The number of benzene rings is 9. The first kappa shape index (κ1) is 29.9. The van der Waals surface area contributed by atoms with E-state index < -0.39 is 0 Å². The highest BCUT2D eigenvalue weighted by atomic mass is 32.1. The molecule has 54 heavy (non-hydrogen) atoms. The maximum absolute atomic E-state index is 5.40. The van der Waals surface area contributed by atoms with Gasteiger partial charge in [-0.25, -0.2) is 9.97 Å². The van der Waals surface area contributed by atoms with E-state index in [1.54, 1.807) is 0 Å². The molecule has 2 nitrogen and oxygen atoms in total. The van der Waals surface area contributed by atoms with Gasteiger partial charge in [-0.2, -0.15) is 0 Å². The van der Waals surface area contributed by atoms with Crippen molar-refractivity contribution in [2.45, 2.75) is 5.92 Å². The highest BCUT2D eigenvalue weighted by Crippen LogP contribution is 2.56. The number of aromatic nitrogens is 2. The summed E-state index contributed by atoms with van der Waals surface area (Å²) >= 11 is 1.93. The third-order valence-corrected chi connectivity index (χ3v) is 12.7. The first-order valence-electron chi connectivity index (χ1n) is 18.5. The van der Waals surface area contributed by atoms with Crippen LogP contribution < -0.4 is 0 Å². The molecule has 2 aromatic heterocycles. The molecule has 0 N–H and O–H groups in total. The number of hydrogen-bond donors (Lipinski definition) is 0. The van der Waals surface area contributed by atoms with Gasteiger partial charge in [-0.15, -0.1) is 11.3 Å². The molecule has 250 valence electrons. The molecule has 0 fully saturated rings. The number of nitrogens with zero attached hydrogens (tertiary/aromatic N) is 2. The van der Waals surface area contributed by atoms with E-state index in [0.717, 1.165) is 38.9 Å². The summed E-state index contributed by atoms with van der Waals surface area (Å²) in [6.45, 7) is 0. The van der Waals surface area contributed by atoms with Gasteiger partial charge in [0.25, 0.3) is 0 Å². The Morgan fingerprint density at radius 2 is 1.02 bits per heavy atom. The van der Waals surface area contributed by atoms with E-state index in [-0.39, 0.29) is 5.92 Å². The molecule has 0 aliphatic heterocycles. The number of rotatable bonds is 3. The van der Waals surface area contributed by atoms with Crippen LogP contribution in [0.4, 0.5) is 0 Å². The molecular weight excluding hydrogens is 673 g/mol. The standard InChI is InChI=1S/C51H30N2S/c1-2-14-31(15-3-1)48-46-35-18-6-4-16-33(35)34-17-5-11-23-40(34)49(46)53-51(52-48)32-28-26-30(27-29-32)43-36-19-7-8-20-37(36)44-38-21-9-10-22-39(38)45-41-24-12-13-25-42(41)54-50(45)47(43)44/h1-29,43H. The second-order valence-corrected chi connectivity index (χ2v) is 15.4. The number of thiophene rings is 1. The largest absolute Gasteiger partial charge is 0.227 e. The summed E-state index contributed by atoms with van der Waals surface area (Å²) in [5.74, 6) is 0.844. The zero-order valence-electron chi connectivity index (χ0n) is 29.1. The van der Waals surface area contributed by atoms with Crippen molar-refractivity contribution in [2.75, 3.05) is 0 Å². The van der Waals surface area contributed by atoms with Crippen LogP contribution in [0.3, 0.4) is 0 Å². The van der Waals surface area contributed by atoms with Gasteiger partial charge >= 0.3 is 0 Å². The van der Waals surface area contributed by atoms with Crippen LogP contribution in [0.15, 0.2) is 176 Å². The predicted molar refractivity (Wildman–Crippen MR) is 229 cm³/mol. The minimum absolute atomic E-state index is 0.109. The Labute approximate surface area is 315 Å². The van der Waals surface area contributed by atoms with Gasteiger partial charge in [-0.05, 0) is 60.8 Å². The van der Waals surface area contributed by atoms with Crippen LogP contribution in [0.1, 0.15) is 22.6 Å². The van der Waals surface area contributed by atoms with Crippen LogP contribution >= 0.6 is 11.3 Å². The average molecular weight is 703 g/mol. The fourth-order valence-corrected chi connectivity index (χ4v) is 10.6. The van der Waals surface area contributed by atoms with Crippen molar-refractivity contribution in [2.24, 2.45) is 0 Å². The van der Waals surface area contributed by atoms with E-state index in [1.165, 1.54) is 74.9 Å². The molecule has 12 rings (SSSR count). The van der Waals surface area contributed by atoms with E-state index >= 15 is 0 Å². The maximum Gasteiger partial charge on any atom is 0.160 e. The fraction of sp³-hybridized carbons (Fsp3) is 0.0196. The Morgan fingerprint density at radius 1 is 0.426 bits per heavy atom. The Morgan fingerprint density at radius 3 is 1.80 bits per heavy atom. The van der Waals surface area contributed by atoms with Gasteiger partial charge in [0.05, 0.1) is 11.2 Å². The lowest BCUT2D eigenvalue weighted by molar-refractivity contribution is 1.03. The number of hydrogen-bond acceptors (Lipinski definition) is 3. The molecule has 0 radical (unpaired) electrons. The molecule has 1 unspecified atom stereocenters. The second-order valence-electron chi connectivity index (χ2n) is 14.4. The molecule has 0 spiro atoms. The van der Waals surface area contributed by atoms with Crippen LogP contribution in [-0.4, -0.2) is 9.97 Å². The van der Waals surface area contributed by atoms with Crippen molar-refractivity contribution in [3.63, 3.8) is 0 Å². The van der Waals surface area contributed by atoms with Crippen molar-refractivity contribution in [3.05, 3.63) is 193 Å². The molecule has 9 aromatic carbocycles. The van der Waals surface area contributed by atoms with E-state index in [1.807, 2.05) is 11.3 Å². The van der Waals surface area contributed by atoms with Gasteiger partial charge in [-0.3, -0.25) is 0 Å². The van der Waals surface area contributed by atoms with Gasteiger partial charge in [0.1, 0.15) is 0 Å². The third kappa shape index (κ3) is 4.16. The average Bonchev–Trinajstić information content (AvgIpc) is 3.81. The molecule has 2 heterocycles. The summed E-state index contributed by atoms with van der Waals surface area (Å²) in [6.07, 6.45) is 0. The zero-order valence-corrected chi connectivity index (χ0v) is 29.9. The van der Waals surface area contributed by atoms with Crippen LogP contribution in [0.2, 0.25) is 0 Å². The van der Waals surface area contributed by atoms with Crippen molar-refractivity contribution in [3.8, 4) is 33.8 Å². The number of fused-ring (bicyclic) bond motifs is 16. The van der Waals surface area contributed by atoms with Crippen LogP contribution in [0.5, 0.6) is 0 Å². The summed E-state index contributed by atoms with van der Waals surface area (Å²) in [6, 6.07) is 63.9. The normalized spacial score (nSPS) is 13.7. The smallest absolute Gasteiger partial charge is 0.160 e. The summed E-state index contributed by atoms with van der Waals surface area (Å²) in [7, 11) is 0. The Bertz CT molecular complexity index is 3320. The van der Waals surface area contributed by atoms with Crippen molar-refractivity contribution in [1.29, 1.82) is 0 Å². The third-order valence-electron chi connectivity index (χ3n) is 11.5. The summed E-state index contributed by atoms with van der Waals surface area (Å²) in [5, 5.41) is 11.2. The van der Waals surface area contributed by atoms with Gasteiger partial charge in [0, 0.05) is 48.0 Å². The summed E-state index contributed by atoms with van der Waals surface area (Å²) < 4.78 is 2.72. The van der Waals surface area contributed by atoms with E-state index in [4.69, 9.17) is 9.97 Å². The highest BCUT2D eigenvalue weighted by molar-refractivity contribution is 7.26. The van der Waals surface area contributed by atoms with Gasteiger partial charge < -0.3 is 0 Å². The molecule has 11 aromatic rings. The fourth-order valence-electron chi connectivity index (χ4n) is 9.25. The van der Waals surface area contributed by atoms with Gasteiger partial charge in [0.2, 0.25) is 0 Å². The predicted octanol–water partition coefficient (Wildman–Crippen LogP) is 14.0. The second kappa shape index (κ2) is 11.4. The van der Waals surface area contributed by atoms with E-state index in [0.29, 0.717) is 0 Å². The Kier molecular flexibility index (Phi) is 6.31. The van der Waals surface area contributed by atoms with Gasteiger partial charge in [0.15, 0.2) is 5.82 Å². The topological polar surface area (TPSA) is 25.8 Å². The molecule has 0 saturated heterocycles. The molecule has 0 saturated carbocycles. The minimum Gasteiger partial charge on any atom is -0.227 e. The van der Waals surface area contributed by atoms with Crippen molar-refractivity contribution in [1.82, 2.24) is 9.97 Å². The minimum atomic E-state index is 0.109. The molecule has 1 atom stereocenters. The lowest BCUT2D eigenvalue weighted by atomic mass is 9.87. The van der Waals surface area contributed by atoms with Crippen molar-refractivity contribution < 1.29 is 0 Å². The summed E-state index contributed by atoms with van der Waals surface area (Å²) in [5.41, 5.74) is 10.8. The first-order chi connectivity index (χ1) is 26.8. The molecule has 0 bridgehead atoms. The van der Waals surface area contributed by atoms with E-state index in [9.17, 15) is 0 Å². The lowest BCUT2D eigenvalue weighted by Gasteiger charge is -2.17. The quantitative estimate of drug-likeness (QED) is 0.171. The maximum atomic E-state index is 5.40.